The Morgan fingerprint density at radius 3 is 3.14 bits per heavy atom. The highest BCUT2D eigenvalue weighted by Gasteiger charge is 2.07. The van der Waals surface area contributed by atoms with Gasteiger partial charge in [-0.25, -0.2) is 4.98 Å². The molecule has 1 heterocycles. The van der Waals surface area contributed by atoms with Crippen LogP contribution in [0.2, 0.25) is 0 Å². The number of hydrogen-bond acceptors (Lipinski definition) is 5. The average Bonchev–Trinajstić information content (AvgIpc) is 2.62. The minimum absolute atomic E-state index is 0.529. The van der Waals surface area contributed by atoms with Gasteiger partial charge in [0.2, 0.25) is 0 Å². The van der Waals surface area contributed by atoms with Crippen molar-refractivity contribution in [3.63, 3.8) is 0 Å². The van der Waals surface area contributed by atoms with Crippen LogP contribution in [0.5, 0.6) is 5.75 Å². The van der Waals surface area contributed by atoms with Gasteiger partial charge in [-0.15, -0.1) is 16.6 Å². The molecule has 0 aliphatic carbocycles. The van der Waals surface area contributed by atoms with Gasteiger partial charge in [0.05, 0.1) is 4.70 Å². The van der Waals surface area contributed by atoms with Crippen molar-refractivity contribution in [2.75, 3.05) is 6.26 Å². The Labute approximate surface area is 89.3 Å². The maximum atomic E-state index is 8.44. The van der Waals surface area contributed by atoms with Crippen LogP contribution in [-0.4, -0.2) is 11.2 Å². The largest absolute Gasteiger partial charge is 0.386 e. The summed E-state index contributed by atoms with van der Waals surface area (Å²) in [5.74, 6) is 0.529. The fourth-order valence-electron chi connectivity index (χ4n) is 1.12. The third-order valence-electron chi connectivity index (χ3n) is 1.69. The third-order valence-corrected chi connectivity index (χ3v) is 3.70. The first-order valence-electron chi connectivity index (χ1n) is 3.84. The maximum Gasteiger partial charge on any atom is 0.292 e. The van der Waals surface area contributed by atoms with Gasteiger partial charge in [-0.3, -0.25) is 0 Å². The summed E-state index contributed by atoms with van der Waals surface area (Å²) < 4.78 is 6.84. The number of nitrogens with zero attached hydrogens (tertiary/aromatic N) is 2. The van der Waals surface area contributed by atoms with Crippen LogP contribution < -0.4 is 4.74 Å². The summed E-state index contributed by atoms with van der Waals surface area (Å²) in [4.78, 5) is 4.36. The number of aromatic nitrogens is 1. The Balaban J connectivity index is 2.62. The first kappa shape index (κ1) is 9.31. The van der Waals surface area contributed by atoms with E-state index in [0.29, 0.717) is 5.75 Å². The minimum Gasteiger partial charge on any atom is -0.386 e. The molecule has 0 bridgehead atoms. The molecule has 0 atom stereocenters. The molecule has 0 aliphatic heterocycles. The van der Waals surface area contributed by atoms with Crippen LogP contribution in [0.4, 0.5) is 0 Å². The maximum absolute atomic E-state index is 8.44. The van der Waals surface area contributed by atoms with E-state index in [0.717, 1.165) is 14.6 Å². The van der Waals surface area contributed by atoms with Gasteiger partial charge in [0.15, 0.2) is 10.1 Å². The van der Waals surface area contributed by atoms with E-state index < -0.39 is 0 Å². The molecule has 3 nitrogen and oxygen atoms in total. The fraction of sp³-hybridized carbons (Fsp3) is 0.111. The summed E-state index contributed by atoms with van der Waals surface area (Å²) in [5.41, 5.74) is 0.767. The van der Waals surface area contributed by atoms with Crippen molar-refractivity contribution in [3.05, 3.63) is 18.2 Å². The highest BCUT2D eigenvalue weighted by atomic mass is 32.2. The van der Waals surface area contributed by atoms with Crippen LogP contribution in [0.3, 0.4) is 0 Å². The predicted molar refractivity (Wildman–Crippen MR) is 57.6 cm³/mol. The van der Waals surface area contributed by atoms with Crippen molar-refractivity contribution >= 4 is 33.3 Å². The summed E-state index contributed by atoms with van der Waals surface area (Å²) >= 11 is 3.19. The lowest BCUT2D eigenvalue weighted by atomic mass is 10.3. The molecule has 0 aliphatic rings. The van der Waals surface area contributed by atoms with Crippen molar-refractivity contribution in [1.82, 2.24) is 4.98 Å². The first-order valence-corrected chi connectivity index (χ1v) is 5.88. The molecule has 2 rings (SSSR count). The van der Waals surface area contributed by atoms with Gasteiger partial charge in [-0.05, 0) is 18.4 Å². The Morgan fingerprint density at radius 1 is 1.57 bits per heavy atom. The topological polar surface area (TPSA) is 45.9 Å². The minimum atomic E-state index is 0.529. The second-order valence-corrected chi connectivity index (χ2v) is 4.56. The number of thiazole rings is 1. The van der Waals surface area contributed by atoms with Gasteiger partial charge < -0.3 is 4.74 Å². The predicted octanol–water partition coefficient (Wildman–Crippen LogP) is 2.88. The van der Waals surface area contributed by atoms with Crippen LogP contribution >= 0.6 is 23.1 Å². The molecule has 5 heteroatoms. The first-order chi connectivity index (χ1) is 6.85. The number of fused-ring (bicyclic) bond motifs is 1. The molecular formula is C9H6N2OS2. The van der Waals surface area contributed by atoms with Crippen LogP contribution in [0.15, 0.2) is 22.5 Å². The molecule has 0 radical (unpaired) electrons. The van der Waals surface area contributed by atoms with Gasteiger partial charge in [-0.2, -0.15) is 0 Å². The summed E-state index contributed by atoms with van der Waals surface area (Å²) in [6.45, 7) is 0. The van der Waals surface area contributed by atoms with Crippen LogP contribution in [0, 0.1) is 11.5 Å². The van der Waals surface area contributed by atoms with Crippen LogP contribution in [-0.2, 0) is 0 Å². The van der Waals surface area contributed by atoms with Gasteiger partial charge in [0.25, 0.3) is 6.26 Å². The zero-order valence-electron chi connectivity index (χ0n) is 7.35. The second kappa shape index (κ2) is 3.86. The lowest BCUT2D eigenvalue weighted by molar-refractivity contribution is 0.512. The number of hydrogen-bond donors (Lipinski definition) is 0. The van der Waals surface area contributed by atoms with Gasteiger partial charge in [0, 0.05) is 0 Å². The number of ether oxygens (including phenoxy) is 1. The smallest absolute Gasteiger partial charge is 0.292 e. The monoisotopic (exact) mass is 222 g/mol. The third kappa shape index (κ3) is 1.54. The van der Waals surface area contributed by atoms with E-state index in [2.05, 4.69) is 4.98 Å². The molecule has 0 N–H and O–H groups in total. The van der Waals surface area contributed by atoms with Crippen LogP contribution in [0.1, 0.15) is 0 Å². The zero-order valence-corrected chi connectivity index (χ0v) is 8.98. The Kier molecular flexibility index (Phi) is 2.57. The quantitative estimate of drug-likeness (QED) is 0.579. The fourth-order valence-corrected chi connectivity index (χ4v) is 2.62. The van der Waals surface area contributed by atoms with E-state index in [-0.39, 0.29) is 0 Å². The lowest BCUT2D eigenvalue weighted by Gasteiger charge is -1.94. The average molecular weight is 222 g/mol. The molecule has 0 fully saturated rings. The lowest BCUT2D eigenvalue weighted by Crippen LogP contribution is -1.82. The Morgan fingerprint density at radius 2 is 2.43 bits per heavy atom. The molecule has 0 amide bonds. The molecule has 70 valence electrons. The van der Waals surface area contributed by atoms with E-state index in [4.69, 9.17) is 10.00 Å². The standard InChI is InChI=1S/C9H6N2OS2/c1-13-9-11-8-6(12-5-10)3-2-4-7(8)14-9/h2-4H,1H3. The van der Waals surface area contributed by atoms with Crippen LogP contribution in [0.25, 0.3) is 10.2 Å². The van der Waals surface area contributed by atoms with Crippen molar-refractivity contribution in [2.24, 2.45) is 0 Å². The van der Waals surface area contributed by atoms with E-state index in [1.807, 2.05) is 18.4 Å². The summed E-state index contributed by atoms with van der Waals surface area (Å²) in [6, 6.07) is 5.57. The molecule has 2 aromatic rings. The highest BCUT2D eigenvalue weighted by Crippen LogP contribution is 2.33. The number of thioether (sulfide) groups is 1. The van der Waals surface area contributed by atoms with Crippen molar-refractivity contribution < 1.29 is 4.74 Å². The second-order valence-electron chi connectivity index (χ2n) is 2.48. The van der Waals surface area contributed by atoms with Crippen molar-refractivity contribution in [1.29, 1.82) is 5.26 Å². The zero-order chi connectivity index (χ0) is 9.97. The summed E-state index contributed by atoms with van der Waals surface area (Å²) in [7, 11) is 0. The van der Waals surface area contributed by atoms with Crippen molar-refractivity contribution in [2.45, 2.75) is 4.34 Å². The molecular weight excluding hydrogens is 216 g/mol. The molecule has 0 saturated heterocycles. The number of nitriles is 1. The van der Waals surface area contributed by atoms with Gasteiger partial charge in [0.1, 0.15) is 5.52 Å². The summed E-state index contributed by atoms with van der Waals surface area (Å²) in [6.07, 6.45) is 3.64. The molecule has 0 spiro atoms. The van der Waals surface area contributed by atoms with E-state index in [1.165, 1.54) is 0 Å². The Bertz CT molecular complexity index is 501. The molecule has 1 aromatic carbocycles. The SMILES string of the molecule is CSc1nc2c(OC#N)cccc2s1. The van der Waals surface area contributed by atoms with Gasteiger partial charge in [-0.1, -0.05) is 17.8 Å². The number of benzene rings is 1. The highest BCUT2D eigenvalue weighted by molar-refractivity contribution is 8.00. The van der Waals surface area contributed by atoms with E-state index in [1.54, 1.807) is 35.4 Å². The number of para-hydroxylation sites is 1. The van der Waals surface area contributed by atoms with E-state index >= 15 is 0 Å². The molecule has 14 heavy (non-hydrogen) atoms. The normalized spacial score (nSPS) is 10.0. The molecule has 0 unspecified atom stereocenters. The Hall–Kier alpha value is -1.25. The van der Waals surface area contributed by atoms with E-state index in [9.17, 15) is 0 Å². The molecule has 1 aromatic heterocycles. The summed E-state index contributed by atoms with van der Waals surface area (Å²) in [5, 5.41) is 8.44. The number of rotatable bonds is 2. The molecule has 0 saturated carbocycles. The van der Waals surface area contributed by atoms with Crippen molar-refractivity contribution in [3.8, 4) is 12.0 Å². The van der Waals surface area contributed by atoms with Gasteiger partial charge >= 0.3 is 0 Å².